The smallest absolute Gasteiger partial charge is 0.238 e. The van der Waals surface area contributed by atoms with Crippen LogP contribution in [0.25, 0.3) is 197 Å². The lowest BCUT2D eigenvalue weighted by atomic mass is 9.66. The first kappa shape index (κ1) is 85.1. The summed E-state index contributed by atoms with van der Waals surface area (Å²) in [5.41, 5.74) is 29.7. The lowest BCUT2D eigenvalue weighted by molar-refractivity contribution is 0.436. The normalized spacial score (nSPS) is 12.7. The summed E-state index contributed by atoms with van der Waals surface area (Å²) >= 11 is 0. The summed E-state index contributed by atoms with van der Waals surface area (Å²) in [5, 5.41) is 4.69. The molecule has 147 heavy (non-hydrogen) atoms. The van der Waals surface area contributed by atoms with Crippen molar-refractivity contribution in [2.24, 2.45) is 0 Å². The Hall–Kier alpha value is -19.9. The van der Waals surface area contributed by atoms with E-state index in [-0.39, 0.29) is 0 Å². The van der Waals surface area contributed by atoms with Gasteiger partial charge in [0.15, 0.2) is 46.6 Å². The fraction of sp³-hybridized carbons (Fsp3) is 0.0152. The van der Waals surface area contributed by atoms with Crippen LogP contribution in [0.4, 0.5) is 0 Å². The van der Waals surface area contributed by atoms with Gasteiger partial charge >= 0.3 is 0 Å². The zero-order valence-corrected chi connectivity index (χ0v) is 79.1. The van der Waals surface area contributed by atoms with E-state index in [1.54, 1.807) is 0 Å². The van der Waals surface area contributed by atoms with Gasteiger partial charge in [-0.25, -0.2) is 39.9 Å². The van der Waals surface area contributed by atoms with Crippen LogP contribution < -0.4 is 9.47 Å². The maximum Gasteiger partial charge on any atom is 0.238 e. The molecule has 8 heterocycles. The van der Waals surface area contributed by atoms with Crippen molar-refractivity contribution in [3.63, 3.8) is 0 Å². The molecule has 0 atom stereocenters. The molecule has 6 aromatic heterocycles. The molecule has 0 fully saturated rings. The Kier molecular flexibility index (Phi) is 20.3. The molecule has 0 amide bonds. The molecule has 2 spiro atoms. The molecule has 4 aliphatic rings. The van der Waals surface area contributed by atoms with E-state index in [2.05, 4.69) is 311 Å². The van der Waals surface area contributed by atoms with E-state index >= 15 is 0 Å². The quantitative estimate of drug-likeness (QED) is 0.114. The number of nitrogens with zero attached hydrogens (tertiary/aromatic N) is 13. The summed E-state index contributed by atoms with van der Waals surface area (Å²) in [6.45, 7) is 0. The van der Waals surface area contributed by atoms with Crippen LogP contribution in [0.1, 0.15) is 44.5 Å². The SMILES string of the molecule is c1ccc(-c2nc(-c3ccccc3)nc(-c3ccc4c(c3)C3(c5ccccc5Oc5ccccc53)c3cc(-n5c(-c6ccccc6)nc6ccccc65)ccc3-4)n2)cc1.c1ccc(-c2nc(-c3ccccc3)nc(-c3ccc4c(c3)C3(c5ccccc5Oc5ccccc53)c3ccccc3-4)n2)cc1.c1ccc(-c2nc(-c3ccccc3)nc(-n3c4ccccc4c4ccc5c6ccccc6n(-c6ccccc6)c5c43)n2)cc1. The topological polar surface area (TPSA) is 162 Å². The van der Waals surface area contributed by atoms with E-state index in [1.807, 2.05) is 206 Å². The van der Waals surface area contributed by atoms with Crippen molar-refractivity contribution in [3.05, 3.63) is 548 Å². The highest BCUT2D eigenvalue weighted by Crippen LogP contribution is 2.65. The standard InChI is InChI=1S/C53H33N5O.C40H25N3O.C39H25N5/c1-4-16-34(17-5-1)49-55-50(35-18-6-2-7-19-35)57-51(56-49)37-28-30-39-40-31-29-38(58-46-25-13-12-24-45(46)54-52(58)36-20-8-3-9-21-36)33-44(40)53(43(39)32-37)41-22-10-14-26-47(41)59-48-27-15-11-23-42(48)53;1-3-13-26(14-4-1)37-41-38(27-15-5-2-6-16-27)43-39(42-37)28-23-24-30-29-17-7-8-18-31(29)40(34(30)25-28)32-19-9-11-21-35(32)44-36-22-12-10-20-33(36)40;1-4-14-26(15-5-1)37-40-38(27-16-6-2-7-17-27)42-39(41-37)44-34-23-13-11-21-30(34)32-25-24-31-29-20-10-12-22-33(29)43(35(31)36(32)44)28-18-8-3-9-19-28/h1-33H;2*1-25H. The molecule has 0 saturated carbocycles. The van der Waals surface area contributed by atoms with E-state index in [0.29, 0.717) is 52.5 Å². The minimum Gasteiger partial charge on any atom is -0.457 e. The minimum atomic E-state index is -0.733. The van der Waals surface area contributed by atoms with E-state index in [9.17, 15) is 0 Å². The maximum atomic E-state index is 6.73. The summed E-state index contributed by atoms with van der Waals surface area (Å²) in [7, 11) is 0. The van der Waals surface area contributed by atoms with Crippen LogP contribution in [-0.4, -0.2) is 63.5 Å². The molecule has 0 radical (unpaired) electrons. The predicted octanol–water partition coefficient (Wildman–Crippen LogP) is 31.1. The first-order chi connectivity index (χ1) is 72.9. The van der Waals surface area contributed by atoms with Crippen molar-refractivity contribution < 1.29 is 9.47 Å². The average Bonchev–Trinajstić information content (AvgIpc) is 1.55. The van der Waals surface area contributed by atoms with Gasteiger partial charge in [-0.05, 0) is 129 Å². The highest BCUT2D eigenvalue weighted by atomic mass is 16.5. The number of ether oxygens (including phenoxy) is 2. The molecule has 0 unspecified atom stereocenters. The third kappa shape index (κ3) is 14.0. The predicted molar refractivity (Wildman–Crippen MR) is 586 cm³/mol. The van der Waals surface area contributed by atoms with Gasteiger partial charge < -0.3 is 14.0 Å². The number of rotatable bonds is 12. The van der Waals surface area contributed by atoms with Gasteiger partial charge in [-0.3, -0.25) is 9.13 Å². The lowest BCUT2D eigenvalue weighted by Gasteiger charge is -2.39. The molecule has 2 aliphatic carbocycles. The van der Waals surface area contributed by atoms with Crippen LogP contribution in [0, 0.1) is 0 Å². The Morgan fingerprint density at radius 2 is 0.463 bits per heavy atom. The molecule has 0 saturated heterocycles. The summed E-state index contributed by atoms with van der Waals surface area (Å²) in [6, 6.07) is 175. The van der Waals surface area contributed by atoms with Crippen LogP contribution in [0.5, 0.6) is 23.0 Å². The van der Waals surface area contributed by atoms with Crippen LogP contribution in [0.3, 0.4) is 0 Å². The van der Waals surface area contributed by atoms with Crippen LogP contribution in [-0.2, 0) is 10.8 Å². The highest BCUT2D eigenvalue weighted by molar-refractivity contribution is 6.24. The fourth-order valence-electron chi connectivity index (χ4n) is 22.6. The zero-order chi connectivity index (χ0) is 97.0. The number of benzene rings is 20. The number of hydrogen-bond acceptors (Lipinski definition) is 12. The number of fused-ring (bicyclic) bond motifs is 26. The Morgan fingerprint density at radius 1 is 0.170 bits per heavy atom. The third-order valence-corrected chi connectivity index (χ3v) is 28.9. The lowest BCUT2D eigenvalue weighted by Crippen LogP contribution is -2.32. The van der Waals surface area contributed by atoms with Gasteiger partial charge in [-0.1, -0.05) is 419 Å². The van der Waals surface area contributed by atoms with Gasteiger partial charge in [-0.2, -0.15) is 9.97 Å². The van der Waals surface area contributed by atoms with Crippen molar-refractivity contribution >= 4 is 54.6 Å². The number of aromatic nitrogens is 13. The van der Waals surface area contributed by atoms with E-state index in [4.69, 9.17) is 59.3 Å². The fourth-order valence-corrected chi connectivity index (χ4v) is 22.6. The molecule has 0 bridgehead atoms. The van der Waals surface area contributed by atoms with Crippen molar-refractivity contribution in [1.29, 1.82) is 0 Å². The molecular formula is C132H83N13O2. The summed E-state index contributed by atoms with van der Waals surface area (Å²) in [4.78, 5) is 50.8. The van der Waals surface area contributed by atoms with E-state index in [0.717, 1.165) is 173 Å². The maximum absolute atomic E-state index is 6.73. The van der Waals surface area contributed by atoms with Crippen molar-refractivity contribution in [2.75, 3.05) is 0 Å². The van der Waals surface area contributed by atoms with Crippen molar-refractivity contribution in [1.82, 2.24) is 63.5 Å². The monoisotopic (exact) mass is 1880 g/mol. The van der Waals surface area contributed by atoms with Gasteiger partial charge in [-0.15, -0.1) is 0 Å². The zero-order valence-electron chi connectivity index (χ0n) is 79.1. The molecule has 20 aromatic carbocycles. The van der Waals surface area contributed by atoms with Crippen LogP contribution in [0.15, 0.2) is 504 Å². The number of imidazole rings is 1. The first-order valence-electron chi connectivity index (χ1n) is 49.3. The van der Waals surface area contributed by atoms with Crippen LogP contribution in [0.2, 0.25) is 0 Å². The average molecular weight is 1880 g/mol. The Balaban J connectivity index is 0.000000108. The molecule has 15 nitrogen and oxygen atoms in total. The largest absolute Gasteiger partial charge is 0.457 e. The molecule has 2 aliphatic heterocycles. The third-order valence-electron chi connectivity index (χ3n) is 28.9. The van der Waals surface area contributed by atoms with E-state index in [1.165, 1.54) is 38.6 Å². The molecule has 0 N–H and O–H groups in total. The van der Waals surface area contributed by atoms with Crippen molar-refractivity contribution in [3.8, 4) is 165 Å². The Bertz CT molecular complexity index is 9420. The second kappa shape index (κ2) is 35.1. The Labute approximate surface area is 845 Å². The Morgan fingerprint density at radius 3 is 0.878 bits per heavy atom. The van der Waals surface area contributed by atoms with Gasteiger partial charge in [0.05, 0.1) is 43.9 Å². The summed E-state index contributed by atoms with van der Waals surface area (Å²) in [5.74, 6) is 9.95. The summed E-state index contributed by atoms with van der Waals surface area (Å²) in [6.07, 6.45) is 0. The highest BCUT2D eigenvalue weighted by Gasteiger charge is 2.53. The second-order valence-corrected chi connectivity index (χ2v) is 37.1. The molecule has 688 valence electrons. The van der Waals surface area contributed by atoms with Gasteiger partial charge in [0.25, 0.3) is 0 Å². The molecule has 26 aromatic rings. The second-order valence-electron chi connectivity index (χ2n) is 37.1. The van der Waals surface area contributed by atoms with Crippen LogP contribution >= 0.6 is 0 Å². The van der Waals surface area contributed by atoms with Gasteiger partial charge in [0, 0.05) is 105 Å². The minimum absolute atomic E-state index is 0.551. The molecule has 15 heteroatoms. The first-order valence-corrected chi connectivity index (χ1v) is 49.3. The molecular weight excluding hydrogens is 1800 g/mol. The summed E-state index contributed by atoms with van der Waals surface area (Å²) < 4.78 is 20.1. The molecule has 30 rings (SSSR count). The van der Waals surface area contributed by atoms with Gasteiger partial charge in [0.2, 0.25) is 5.95 Å². The van der Waals surface area contributed by atoms with Gasteiger partial charge in [0.1, 0.15) is 28.8 Å². The number of hydrogen-bond donors (Lipinski definition) is 0. The van der Waals surface area contributed by atoms with Crippen molar-refractivity contribution in [2.45, 2.75) is 10.8 Å². The van der Waals surface area contributed by atoms with E-state index < -0.39 is 10.8 Å². The number of para-hydroxylation sites is 9.